The highest BCUT2D eigenvalue weighted by Gasteiger charge is 2.15. The summed E-state index contributed by atoms with van der Waals surface area (Å²) in [6.45, 7) is 5.20. The van der Waals surface area contributed by atoms with Crippen molar-refractivity contribution in [2.24, 2.45) is 16.6 Å². The summed E-state index contributed by atoms with van der Waals surface area (Å²) < 4.78 is 0. The third-order valence-electron chi connectivity index (χ3n) is 5.08. The van der Waals surface area contributed by atoms with Gasteiger partial charge in [0.05, 0.1) is 6.54 Å². The second-order valence-corrected chi connectivity index (χ2v) is 8.09. The van der Waals surface area contributed by atoms with Gasteiger partial charge in [-0.15, -0.1) is 0 Å². The molecule has 0 fully saturated rings. The quantitative estimate of drug-likeness (QED) is 0.375. The maximum Gasteiger partial charge on any atom is 0.265 e. The minimum Gasteiger partial charge on any atom is -0.351 e. The van der Waals surface area contributed by atoms with Crippen molar-refractivity contribution in [1.29, 1.82) is 0 Å². The number of nitrogens with two attached hydrogens (primary N) is 1. The van der Waals surface area contributed by atoms with E-state index in [2.05, 4.69) is 22.4 Å². The van der Waals surface area contributed by atoms with E-state index < -0.39 is 0 Å². The predicted molar refractivity (Wildman–Crippen MR) is 128 cm³/mol. The van der Waals surface area contributed by atoms with Crippen LogP contribution in [0.5, 0.6) is 0 Å². The highest BCUT2D eigenvalue weighted by atomic mass is 16.2. The molecule has 0 radical (unpaired) electrons. The Morgan fingerprint density at radius 3 is 2.19 bits per heavy atom. The van der Waals surface area contributed by atoms with E-state index >= 15 is 0 Å². The van der Waals surface area contributed by atoms with Gasteiger partial charge in [-0.2, -0.15) is 0 Å². The number of aliphatic imine (C=N–C) groups is 1. The molecule has 0 spiro atoms. The standard InChI is InChI=1S/C26H35N3O2/c1-20(2)25(26(31)28-17-9-4-3-8-16-27)29-19-24(30)18-21-12-14-23(15-13-21)22-10-6-5-7-11-22/h5-7,10-15,20H,3-4,8-9,16-19,27H2,1-2H3,(H,28,31). The van der Waals surface area contributed by atoms with Crippen LogP contribution in [0.4, 0.5) is 0 Å². The fourth-order valence-electron chi connectivity index (χ4n) is 3.33. The lowest BCUT2D eigenvalue weighted by Crippen LogP contribution is -2.35. The molecule has 0 atom stereocenters. The van der Waals surface area contributed by atoms with E-state index in [0.717, 1.165) is 42.4 Å². The Kier molecular flexibility index (Phi) is 10.7. The Balaban J connectivity index is 1.85. The number of amides is 1. The lowest BCUT2D eigenvalue weighted by atomic mass is 10.0. The molecule has 0 unspecified atom stereocenters. The van der Waals surface area contributed by atoms with Crippen LogP contribution in [-0.2, 0) is 16.0 Å². The molecule has 0 bridgehead atoms. The van der Waals surface area contributed by atoms with Crippen LogP contribution >= 0.6 is 0 Å². The number of hydrogen-bond acceptors (Lipinski definition) is 4. The second kappa shape index (κ2) is 13.5. The molecule has 2 aromatic carbocycles. The van der Waals surface area contributed by atoms with Crippen molar-refractivity contribution < 1.29 is 9.59 Å². The number of carbonyl (C=O) groups excluding carboxylic acids is 2. The van der Waals surface area contributed by atoms with Crippen molar-refractivity contribution in [3.05, 3.63) is 60.2 Å². The number of nitrogens with one attached hydrogen (secondary N) is 1. The second-order valence-electron chi connectivity index (χ2n) is 8.09. The van der Waals surface area contributed by atoms with Gasteiger partial charge in [-0.1, -0.05) is 81.3 Å². The normalized spacial score (nSPS) is 11.5. The summed E-state index contributed by atoms with van der Waals surface area (Å²) in [4.78, 5) is 29.2. The van der Waals surface area contributed by atoms with E-state index in [1.807, 2.05) is 56.3 Å². The lowest BCUT2D eigenvalue weighted by molar-refractivity contribution is -0.117. The van der Waals surface area contributed by atoms with Gasteiger partial charge in [-0.3, -0.25) is 14.6 Å². The molecule has 0 aliphatic carbocycles. The van der Waals surface area contributed by atoms with E-state index in [4.69, 9.17) is 5.73 Å². The van der Waals surface area contributed by atoms with Gasteiger partial charge in [-0.05, 0) is 36.1 Å². The van der Waals surface area contributed by atoms with Gasteiger partial charge >= 0.3 is 0 Å². The molecule has 31 heavy (non-hydrogen) atoms. The fourth-order valence-corrected chi connectivity index (χ4v) is 3.33. The molecule has 0 heterocycles. The topological polar surface area (TPSA) is 84.5 Å². The third kappa shape index (κ3) is 8.85. The van der Waals surface area contributed by atoms with Crippen LogP contribution in [0.25, 0.3) is 11.1 Å². The van der Waals surface area contributed by atoms with Gasteiger partial charge in [0, 0.05) is 18.9 Å². The number of ketones is 1. The van der Waals surface area contributed by atoms with Gasteiger partial charge in [0.25, 0.3) is 5.91 Å². The molecule has 2 aromatic rings. The van der Waals surface area contributed by atoms with Crippen molar-refractivity contribution in [2.45, 2.75) is 46.0 Å². The molecule has 0 saturated carbocycles. The number of benzene rings is 2. The number of carbonyl (C=O) groups is 2. The molecule has 0 aromatic heterocycles. The molecule has 5 heteroatoms. The highest BCUT2D eigenvalue weighted by Crippen LogP contribution is 2.19. The van der Waals surface area contributed by atoms with E-state index in [9.17, 15) is 9.59 Å². The van der Waals surface area contributed by atoms with Crippen molar-refractivity contribution in [2.75, 3.05) is 19.6 Å². The predicted octanol–water partition coefficient (Wildman–Crippen LogP) is 4.20. The summed E-state index contributed by atoms with van der Waals surface area (Å²) in [7, 11) is 0. The Bertz CT molecular complexity index is 843. The van der Waals surface area contributed by atoms with Crippen LogP contribution in [0.2, 0.25) is 0 Å². The van der Waals surface area contributed by atoms with Crippen LogP contribution in [0.1, 0.15) is 45.1 Å². The molecule has 0 saturated heterocycles. The lowest BCUT2D eigenvalue weighted by Gasteiger charge is -2.11. The van der Waals surface area contributed by atoms with Gasteiger partial charge in [0.15, 0.2) is 5.78 Å². The smallest absolute Gasteiger partial charge is 0.265 e. The maximum absolute atomic E-state index is 12.4. The summed E-state index contributed by atoms with van der Waals surface area (Å²) in [6.07, 6.45) is 4.39. The first kappa shape index (κ1) is 24.5. The summed E-state index contributed by atoms with van der Waals surface area (Å²) in [6, 6.07) is 18.1. The SMILES string of the molecule is CC(C)C(=NCC(=O)Cc1ccc(-c2ccccc2)cc1)C(=O)NCCCCCCN. The fraction of sp³-hybridized carbons (Fsp3) is 0.423. The monoisotopic (exact) mass is 421 g/mol. The van der Waals surface area contributed by atoms with Crippen molar-refractivity contribution >= 4 is 17.4 Å². The number of unbranched alkanes of at least 4 members (excludes halogenated alkanes) is 3. The highest BCUT2D eigenvalue weighted by molar-refractivity contribution is 6.39. The average Bonchev–Trinajstić information content (AvgIpc) is 2.77. The summed E-state index contributed by atoms with van der Waals surface area (Å²) >= 11 is 0. The maximum atomic E-state index is 12.4. The molecular formula is C26H35N3O2. The van der Waals surface area contributed by atoms with Gasteiger partial charge < -0.3 is 11.1 Å². The number of rotatable bonds is 13. The summed E-state index contributed by atoms with van der Waals surface area (Å²) in [5, 5.41) is 2.92. The molecule has 0 aliphatic heterocycles. The molecule has 2 rings (SSSR count). The van der Waals surface area contributed by atoms with Gasteiger partial charge in [0.2, 0.25) is 0 Å². The van der Waals surface area contributed by atoms with Gasteiger partial charge in [-0.25, -0.2) is 0 Å². The molecule has 166 valence electrons. The number of hydrogen-bond donors (Lipinski definition) is 2. The zero-order valence-electron chi connectivity index (χ0n) is 18.8. The largest absolute Gasteiger partial charge is 0.351 e. The minimum absolute atomic E-state index is 0.000181. The average molecular weight is 422 g/mol. The molecule has 1 amide bonds. The molecular weight excluding hydrogens is 386 g/mol. The first-order valence-electron chi connectivity index (χ1n) is 11.2. The Hall–Kier alpha value is -2.79. The van der Waals surface area contributed by atoms with E-state index in [1.54, 1.807) is 0 Å². The third-order valence-corrected chi connectivity index (χ3v) is 5.08. The van der Waals surface area contributed by atoms with Crippen molar-refractivity contribution in [3.63, 3.8) is 0 Å². The number of Topliss-reactive ketones (excluding diaryl/α,β-unsaturated/α-hetero) is 1. The van der Waals surface area contributed by atoms with E-state index in [1.165, 1.54) is 0 Å². The van der Waals surface area contributed by atoms with Crippen molar-refractivity contribution in [1.82, 2.24) is 5.32 Å². The minimum atomic E-state index is -0.172. The van der Waals surface area contributed by atoms with E-state index in [0.29, 0.717) is 25.2 Å². The van der Waals surface area contributed by atoms with Crippen molar-refractivity contribution in [3.8, 4) is 11.1 Å². The Morgan fingerprint density at radius 1 is 0.903 bits per heavy atom. The summed E-state index contributed by atoms with van der Waals surface area (Å²) in [5.74, 6) is -0.204. The zero-order valence-corrected chi connectivity index (χ0v) is 18.8. The van der Waals surface area contributed by atoms with Crippen LogP contribution in [0.15, 0.2) is 59.6 Å². The Labute approximate surface area is 186 Å². The van der Waals surface area contributed by atoms with E-state index in [-0.39, 0.29) is 24.2 Å². The van der Waals surface area contributed by atoms with Crippen LogP contribution in [0.3, 0.4) is 0 Å². The molecule has 3 N–H and O–H groups in total. The Morgan fingerprint density at radius 2 is 1.55 bits per heavy atom. The first-order chi connectivity index (χ1) is 15.0. The van der Waals surface area contributed by atoms with Crippen LogP contribution < -0.4 is 11.1 Å². The summed E-state index contributed by atoms with van der Waals surface area (Å²) in [5.41, 5.74) is 9.15. The van der Waals surface area contributed by atoms with Crippen LogP contribution in [0, 0.1) is 5.92 Å². The molecule has 0 aliphatic rings. The first-order valence-corrected chi connectivity index (χ1v) is 11.2. The number of nitrogens with zero attached hydrogens (tertiary/aromatic N) is 1. The molecule has 5 nitrogen and oxygen atoms in total. The zero-order chi connectivity index (χ0) is 22.5. The van der Waals surface area contributed by atoms with Gasteiger partial charge in [0.1, 0.15) is 5.71 Å². The van der Waals surface area contributed by atoms with Crippen LogP contribution in [-0.4, -0.2) is 37.0 Å².